The van der Waals surface area contributed by atoms with Crippen LogP contribution in [0, 0.1) is 17.3 Å². The number of carboxylic acids is 1. The Labute approximate surface area is 205 Å². The number of nitrogens with two attached hydrogens (primary N) is 1. The Balaban J connectivity index is 1.96. The van der Waals surface area contributed by atoms with Gasteiger partial charge in [-0.25, -0.2) is 9.59 Å². The van der Waals surface area contributed by atoms with Crippen LogP contribution in [0.3, 0.4) is 0 Å². The molecule has 0 bridgehead atoms. The van der Waals surface area contributed by atoms with Crippen molar-refractivity contribution in [2.24, 2.45) is 23.0 Å². The van der Waals surface area contributed by atoms with E-state index < -0.39 is 24.1 Å². The molecule has 6 N–H and O–H groups in total. The lowest BCUT2D eigenvalue weighted by Crippen LogP contribution is -2.55. The average Bonchev–Trinajstić information content (AvgIpc) is 2.78. The van der Waals surface area contributed by atoms with E-state index in [2.05, 4.69) is 36.7 Å². The average molecular weight is 481 g/mol. The number of urea groups is 1. The standard InChI is InChI=1S/C26H48N4O4/c1-26(2,3)19-12-14-20(15-13-19)28-23(31)22(17-18-9-5-4-6-10-18)30-25(34)29-21(24(32)33)11-7-8-16-27/h18-22H,4-17,27H2,1-3H3,(H,28,31)(H,32,33)(H2,29,30,34)/t19?,20?,21-,22-/m0/s1. The van der Waals surface area contributed by atoms with E-state index in [-0.39, 0.29) is 17.4 Å². The van der Waals surface area contributed by atoms with Gasteiger partial charge in [-0.2, -0.15) is 0 Å². The number of carbonyl (C=O) groups excluding carboxylic acids is 2. The minimum atomic E-state index is -1.07. The first-order chi connectivity index (χ1) is 16.1. The highest BCUT2D eigenvalue weighted by Gasteiger charge is 2.33. The van der Waals surface area contributed by atoms with Crippen LogP contribution in [0.2, 0.25) is 0 Å². The van der Waals surface area contributed by atoms with Gasteiger partial charge >= 0.3 is 12.0 Å². The van der Waals surface area contributed by atoms with Gasteiger partial charge in [0, 0.05) is 6.04 Å². The number of hydrogen-bond donors (Lipinski definition) is 5. The van der Waals surface area contributed by atoms with E-state index in [9.17, 15) is 19.5 Å². The summed E-state index contributed by atoms with van der Waals surface area (Å²) in [5, 5.41) is 18.0. The SMILES string of the molecule is CC(C)(C)C1CCC(NC(=O)[C@H](CC2CCCCC2)NC(=O)N[C@@H](CCCCN)C(=O)O)CC1. The summed E-state index contributed by atoms with van der Waals surface area (Å²) in [5.41, 5.74) is 5.77. The normalized spacial score (nSPS) is 23.5. The van der Waals surface area contributed by atoms with Crippen LogP contribution in [0.1, 0.15) is 104 Å². The predicted octanol–water partition coefficient (Wildman–Crippen LogP) is 3.93. The molecule has 8 heteroatoms. The zero-order valence-electron chi connectivity index (χ0n) is 21.5. The molecule has 0 spiro atoms. The summed E-state index contributed by atoms with van der Waals surface area (Å²) in [6, 6.07) is -2.10. The van der Waals surface area contributed by atoms with Crippen molar-refractivity contribution in [1.82, 2.24) is 16.0 Å². The molecule has 0 saturated heterocycles. The largest absolute Gasteiger partial charge is 0.480 e. The van der Waals surface area contributed by atoms with Crippen molar-refractivity contribution in [2.45, 2.75) is 122 Å². The van der Waals surface area contributed by atoms with Crippen LogP contribution in [-0.2, 0) is 9.59 Å². The van der Waals surface area contributed by atoms with Crippen LogP contribution in [0.15, 0.2) is 0 Å². The Kier molecular flexibility index (Phi) is 11.6. The second kappa shape index (κ2) is 13.9. The quantitative estimate of drug-likeness (QED) is 0.286. The Morgan fingerprint density at radius 3 is 2.09 bits per heavy atom. The van der Waals surface area contributed by atoms with Crippen molar-refractivity contribution >= 4 is 17.9 Å². The molecule has 2 saturated carbocycles. The highest BCUT2D eigenvalue weighted by molar-refractivity contribution is 5.88. The van der Waals surface area contributed by atoms with Crippen molar-refractivity contribution in [3.8, 4) is 0 Å². The summed E-state index contributed by atoms with van der Waals surface area (Å²) >= 11 is 0. The topological polar surface area (TPSA) is 134 Å². The number of rotatable bonds is 11. The zero-order valence-corrected chi connectivity index (χ0v) is 21.5. The molecule has 0 unspecified atom stereocenters. The third-order valence-corrected chi connectivity index (χ3v) is 7.76. The second-order valence-corrected chi connectivity index (χ2v) is 11.5. The summed E-state index contributed by atoms with van der Waals surface area (Å²) in [7, 11) is 0. The predicted molar refractivity (Wildman–Crippen MR) is 134 cm³/mol. The lowest BCUT2D eigenvalue weighted by Gasteiger charge is -2.37. The number of nitrogens with one attached hydrogen (secondary N) is 3. The fraction of sp³-hybridized carbons (Fsp3) is 0.885. The number of unbranched alkanes of at least 4 members (excludes halogenated alkanes) is 1. The molecule has 2 aliphatic carbocycles. The van der Waals surface area contributed by atoms with Gasteiger partial charge in [0.2, 0.25) is 5.91 Å². The molecule has 34 heavy (non-hydrogen) atoms. The molecule has 0 aromatic carbocycles. The molecule has 2 atom stereocenters. The van der Waals surface area contributed by atoms with Crippen molar-refractivity contribution < 1.29 is 19.5 Å². The maximum atomic E-state index is 13.2. The smallest absolute Gasteiger partial charge is 0.326 e. The van der Waals surface area contributed by atoms with E-state index in [1.54, 1.807) is 0 Å². The molecule has 8 nitrogen and oxygen atoms in total. The zero-order chi connectivity index (χ0) is 25.1. The van der Waals surface area contributed by atoms with Gasteiger partial charge in [0.1, 0.15) is 12.1 Å². The van der Waals surface area contributed by atoms with Gasteiger partial charge in [-0.1, -0.05) is 52.9 Å². The highest BCUT2D eigenvalue weighted by atomic mass is 16.4. The molecular formula is C26H48N4O4. The molecule has 0 aromatic heterocycles. The van der Waals surface area contributed by atoms with E-state index in [0.717, 1.165) is 51.4 Å². The summed E-state index contributed by atoms with van der Waals surface area (Å²) in [6.45, 7) is 7.32. The van der Waals surface area contributed by atoms with Crippen LogP contribution in [0.4, 0.5) is 4.79 Å². The summed E-state index contributed by atoms with van der Waals surface area (Å²) in [6.07, 6.45) is 12.0. The molecule has 0 heterocycles. The van der Waals surface area contributed by atoms with Crippen molar-refractivity contribution in [2.75, 3.05) is 6.54 Å². The van der Waals surface area contributed by atoms with E-state index in [0.29, 0.717) is 44.1 Å². The van der Waals surface area contributed by atoms with E-state index in [4.69, 9.17) is 5.73 Å². The van der Waals surface area contributed by atoms with Gasteiger partial charge in [0.05, 0.1) is 0 Å². The van der Waals surface area contributed by atoms with E-state index in [1.165, 1.54) is 6.42 Å². The lowest BCUT2D eigenvalue weighted by molar-refractivity contribution is -0.139. The van der Waals surface area contributed by atoms with Gasteiger partial charge in [-0.05, 0) is 75.2 Å². The maximum absolute atomic E-state index is 13.2. The third kappa shape index (κ3) is 9.80. The van der Waals surface area contributed by atoms with Crippen molar-refractivity contribution in [1.29, 1.82) is 0 Å². The fourth-order valence-corrected chi connectivity index (χ4v) is 5.50. The molecule has 3 amide bonds. The molecule has 196 valence electrons. The van der Waals surface area contributed by atoms with Gasteiger partial charge < -0.3 is 26.8 Å². The van der Waals surface area contributed by atoms with Crippen LogP contribution >= 0.6 is 0 Å². The number of aliphatic carboxylic acids is 1. The first-order valence-electron chi connectivity index (χ1n) is 13.4. The first-order valence-corrected chi connectivity index (χ1v) is 13.4. The molecule has 2 aliphatic rings. The van der Waals surface area contributed by atoms with E-state index >= 15 is 0 Å². The van der Waals surface area contributed by atoms with Crippen LogP contribution in [-0.4, -0.2) is 47.7 Å². The Bertz CT molecular complexity index is 650. The maximum Gasteiger partial charge on any atom is 0.326 e. The van der Waals surface area contributed by atoms with Crippen LogP contribution in [0.25, 0.3) is 0 Å². The molecule has 0 radical (unpaired) electrons. The van der Waals surface area contributed by atoms with E-state index in [1.807, 2.05) is 0 Å². The van der Waals surface area contributed by atoms with Gasteiger partial charge in [0.25, 0.3) is 0 Å². The first kappa shape index (κ1) is 28.4. The summed E-state index contributed by atoms with van der Waals surface area (Å²) in [5.74, 6) is -0.151. The molecule has 0 aliphatic heterocycles. The number of hydrogen-bond acceptors (Lipinski definition) is 4. The highest BCUT2D eigenvalue weighted by Crippen LogP contribution is 2.37. The fourth-order valence-electron chi connectivity index (χ4n) is 5.50. The van der Waals surface area contributed by atoms with Gasteiger partial charge in [-0.15, -0.1) is 0 Å². The number of carboxylic acid groups (broad SMARTS) is 1. The van der Waals surface area contributed by atoms with Crippen molar-refractivity contribution in [3.63, 3.8) is 0 Å². The van der Waals surface area contributed by atoms with Gasteiger partial charge in [0.15, 0.2) is 0 Å². The van der Waals surface area contributed by atoms with Crippen LogP contribution < -0.4 is 21.7 Å². The summed E-state index contributed by atoms with van der Waals surface area (Å²) in [4.78, 5) is 37.5. The Morgan fingerprint density at radius 2 is 1.53 bits per heavy atom. The molecular weight excluding hydrogens is 432 g/mol. The summed E-state index contributed by atoms with van der Waals surface area (Å²) < 4.78 is 0. The third-order valence-electron chi connectivity index (χ3n) is 7.76. The molecule has 2 rings (SSSR count). The molecule has 2 fully saturated rings. The minimum Gasteiger partial charge on any atom is -0.480 e. The number of amides is 3. The lowest BCUT2D eigenvalue weighted by atomic mass is 9.71. The molecule has 0 aromatic rings. The monoisotopic (exact) mass is 480 g/mol. The minimum absolute atomic E-state index is 0.132. The second-order valence-electron chi connectivity index (χ2n) is 11.5. The Hall–Kier alpha value is -1.83. The Morgan fingerprint density at radius 1 is 0.912 bits per heavy atom. The number of carbonyl (C=O) groups is 3. The van der Waals surface area contributed by atoms with Crippen molar-refractivity contribution in [3.05, 3.63) is 0 Å². The van der Waals surface area contributed by atoms with Crippen LogP contribution in [0.5, 0.6) is 0 Å². The van der Waals surface area contributed by atoms with Gasteiger partial charge in [-0.3, -0.25) is 4.79 Å².